The van der Waals surface area contributed by atoms with Gasteiger partial charge in [0.2, 0.25) is 6.17 Å². The van der Waals surface area contributed by atoms with E-state index in [2.05, 4.69) is 25.4 Å². The van der Waals surface area contributed by atoms with Crippen molar-refractivity contribution < 1.29 is 0 Å². The topological polar surface area (TPSA) is 61.8 Å². The molecule has 10 heavy (non-hydrogen) atoms. The van der Waals surface area contributed by atoms with E-state index in [4.69, 9.17) is 0 Å². The molecule has 2 aliphatic rings. The van der Waals surface area contributed by atoms with Gasteiger partial charge in [-0.2, -0.15) is 0 Å². The highest BCUT2D eigenvalue weighted by atomic mass is 15.4. The summed E-state index contributed by atoms with van der Waals surface area (Å²) >= 11 is 0. The number of aliphatic imine (C=N–C) groups is 2. The standard InChI is InChI=1S/C5H5N5/c1-3-4-5(7-2-6-3)9-10-8-4/h2,5H,1H3. The van der Waals surface area contributed by atoms with Gasteiger partial charge in [0.1, 0.15) is 12.1 Å². The van der Waals surface area contributed by atoms with Crippen molar-refractivity contribution in [1.82, 2.24) is 0 Å². The Morgan fingerprint density at radius 2 is 2.40 bits per heavy atom. The maximum atomic E-state index is 3.95. The molecule has 0 amide bonds. The Balaban J connectivity index is 2.44. The van der Waals surface area contributed by atoms with E-state index in [1.165, 1.54) is 6.34 Å². The highest BCUT2D eigenvalue weighted by Gasteiger charge is 2.22. The lowest BCUT2D eigenvalue weighted by Gasteiger charge is -2.05. The minimum atomic E-state index is -0.211. The quantitative estimate of drug-likeness (QED) is 0.468. The average Bonchev–Trinajstić information content (AvgIpc) is 2.36. The highest BCUT2D eigenvalue weighted by Crippen LogP contribution is 2.10. The van der Waals surface area contributed by atoms with Crippen LogP contribution < -0.4 is 0 Å². The lowest BCUT2D eigenvalue weighted by Crippen LogP contribution is -2.24. The summed E-state index contributed by atoms with van der Waals surface area (Å²) in [6, 6.07) is 0. The van der Waals surface area contributed by atoms with Crippen LogP contribution in [0.3, 0.4) is 0 Å². The van der Waals surface area contributed by atoms with E-state index in [9.17, 15) is 0 Å². The SMILES string of the molecule is CC1=NC=NC2N=NN=C12. The lowest BCUT2D eigenvalue weighted by atomic mass is 10.2. The van der Waals surface area contributed by atoms with Crippen LogP contribution in [0.15, 0.2) is 25.4 Å². The molecule has 0 aromatic carbocycles. The van der Waals surface area contributed by atoms with E-state index >= 15 is 0 Å². The molecule has 0 fully saturated rings. The number of hydrogen-bond acceptors (Lipinski definition) is 5. The third kappa shape index (κ3) is 0.601. The van der Waals surface area contributed by atoms with Crippen molar-refractivity contribution in [1.29, 1.82) is 0 Å². The van der Waals surface area contributed by atoms with E-state index in [-0.39, 0.29) is 6.17 Å². The second kappa shape index (κ2) is 1.80. The first-order chi connectivity index (χ1) is 4.88. The molecular weight excluding hydrogens is 130 g/mol. The van der Waals surface area contributed by atoms with Gasteiger partial charge in [-0.15, -0.1) is 10.2 Å². The zero-order chi connectivity index (χ0) is 6.97. The Morgan fingerprint density at radius 3 is 3.20 bits per heavy atom. The third-order valence-corrected chi connectivity index (χ3v) is 1.39. The number of nitrogens with zero attached hydrogens (tertiary/aromatic N) is 5. The second-order valence-electron chi connectivity index (χ2n) is 2.04. The van der Waals surface area contributed by atoms with Gasteiger partial charge in [-0.1, -0.05) is 0 Å². The molecule has 1 atom stereocenters. The first kappa shape index (κ1) is 5.40. The molecule has 0 saturated carbocycles. The number of rotatable bonds is 0. The van der Waals surface area contributed by atoms with Gasteiger partial charge in [0.15, 0.2) is 0 Å². The zero-order valence-electron chi connectivity index (χ0n) is 5.39. The van der Waals surface area contributed by atoms with E-state index in [0.717, 1.165) is 11.4 Å². The van der Waals surface area contributed by atoms with Gasteiger partial charge in [-0.25, -0.2) is 9.98 Å². The fourth-order valence-electron chi connectivity index (χ4n) is 0.838. The largest absolute Gasteiger partial charge is 0.240 e. The van der Waals surface area contributed by atoms with Crippen molar-refractivity contribution in [3.05, 3.63) is 0 Å². The van der Waals surface area contributed by atoms with E-state index in [1.54, 1.807) is 0 Å². The maximum Gasteiger partial charge on any atom is 0.209 e. The minimum Gasteiger partial charge on any atom is -0.240 e. The number of hydrogen-bond donors (Lipinski definition) is 0. The summed E-state index contributed by atoms with van der Waals surface area (Å²) in [7, 11) is 0. The summed E-state index contributed by atoms with van der Waals surface area (Å²) in [6.07, 6.45) is 1.28. The monoisotopic (exact) mass is 135 g/mol. The van der Waals surface area contributed by atoms with Gasteiger partial charge in [-0.3, -0.25) is 0 Å². The molecule has 5 heteroatoms. The molecule has 2 aliphatic heterocycles. The molecule has 2 rings (SSSR count). The molecule has 0 aromatic rings. The van der Waals surface area contributed by atoms with Gasteiger partial charge in [0.25, 0.3) is 0 Å². The molecule has 2 heterocycles. The van der Waals surface area contributed by atoms with Crippen LogP contribution in [-0.4, -0.2) is 23.9 Å². The normalized spacial score (nSPS) is 27.9. The Morgan fingerprint density at radius 1 is 1.50 bits per heavy atom. The molecule has 0 spiro atoms. The van der Waals surface area contributed by atoms with Crippen LogP contribution >= 0.6 is 0 Å². The van der Waals surface area contributed by atoms with Crippen LogP contribution in [0.5, 0.6) is 0 Å². The smallest absolute Gasteiger partial charge is 0.209 e. The summed E-state index contributed by atoms with van der Waals surface area (Å²) in [5, 5.41) is 11.0. The van der Waals surface area contributed by atoms with Crippen molar-refractivity contribution in [2.24, 2.45) is 25.4 Å². The molecule has 1 unspecified atom stereocenters. The summed E-state index contributed by atoms with van der Waals surface area (Å²) in [6.45, 7) is 1.87. The highest BCUT2D eigenvalue weighted by molar-refractivity contribution is 6.45. The Kier molecular flexibility index (Phi) is 0.969. The van der Waals surface area contributed by atoms with Crippen molar-refractivity contribution in [3.8, 4) is 0 Å². The Hall–Kier alpha value is -1.39. The fraction of sp³-hybridized carbons (Fsp3) is 0.400. The predicted octanol–water partition coefficient (Wildman–Crippen LogP) is 0.637. The molecule has 0 aliphatic carbocycles. The lowest BCUT2D eigenvalue weighted by molar-refractivity contribution is 0.878. The van der Waals surface area contributed by atoms with Crippen molar-refractivity contribution in [2.45, 2.75) is 13.1 Å². The predicted molar refractivity (Wildman–Crippen MR) is 37.7 cm³/mol. The molecule has 0 radical (unpaired) electrons. The van der Waals surface area contributed by atoms with E-state index in [0.29, 0.717) is 0 Å². The van der Waals surface area contributed by atoms with Gasteiger partial charge in [-0.05, 0) is 12.1 Å². The van der Waals surface area contributed by atoms with Crippen molar-refractivity contribution in [2.75, 3.05) is 0 Å². The summed E-state index contributed by atoms with van der Waals surface area (Å²) in [4.78, 5) is 7.88. The first-order valence-electron chi connectivity index (χ1n) is 2.92. The van der Waals surface area contributed by atoms with Gasteiger partial charge >= 0.3 is 0 Å². The van der Waals surface area contributed by atoms with Gasteiger partial charge in [0.05, 0.1) is 5.71 Å². The molecule has 50 valence electrons. The zero-order valence-corrected chi connectivity index (χ0v) is 5.39. The second-order valence-corrected chi connectivity index (χ2v) is 2.04. The maximum absolute atomic E-state index is 3.95. The van der Waals surface area contributed by atoms with E-state index in [1.807, 2.05) is 6.92 Å². The van der Waals surface area contributed by atoms with Crippen molar-refractivity contribution in [3.63, 3.8) is 0 Å². The number of fused-ring (bicyclic) bond motifs is 1. The summed E-state index contributed by atoms with van der Waals surface area (Å²) in [5.74, 6) is 0. The van der Waals surface area contributed by atoms with Crippen LogP contribution in [-0.2, 0) is 0 Å². The summed E-state index contributed by atoms with van der Waals surface area (Å²) < 4.78 is 0. The molecule has 0 aromatic heterocycles. The molecule has 0 bridgehead atoms. The minimum absolute atomic E-state index is 0.211. The first-order valence-corrected chi connectivity index (χ1v) is 2.92. The van der Waals surface area contributed by atoms with Gasteiger partial charge < -0.3 is 0 Å². The van der Waals surface area contributed by atoms with Crippen LogP contribution in [0.25, 0.3) is 0 Å². The Labute approximate surface area is 57.3 Å². The summed E-state index contributed by atoms with van der Waals surface area (Å²) in [5.41, 5.74) is 1.62. The van der Waals surface area contributed by atoms with Crippen LogP contribution in [0.2, 0.25) is 0 Å². The van der Waals surface area contributed by atoms with Crippen LogP contribution in [0, 0.1) is 0 Å². The Bertz CT molecular complexity index is 272. The molecule has 0 N–H and O–H groups in total. The van der Waals surface area contributed by atoms with Gasteiger partial charge in [0, 0.05) is 0 Å². The molecular formula is C5H5N5. The molecule has 5 nitrogen and oxygen atoms in total. The fourth-order valence-corrected chi connectivity index (χ4v) is 0.838. The average molecular weight is 135 g/mol. The van der Waals surface area contributed by atoms with Crippen molar-refractivity contribution >= 4 is 17.8 Å². The third-order valence-electron chi connectivity index (χ3n) is 1.39. The van der Waals surface area contributed by atoms with Crippen LogP contribution in [0.1, 0.15) is 6.92 Å². The molecule has 0 saturated heterocycles. The van der Waals surface area contributed by atoms with Crippen LogP contribution in [0.4, 0.5) is 0 Å². The van der Waals surface area contributed by atoms with E-state index < -0.39 is 0 Å².